The van der Waals surface area contributed by atoms with E-state index in [0.717, 1.165) is 0 Å². The Balaban J connectivity index is 1.77. The van der Waals surface area contributed by atoms with Crippen LogP contribution in [-0.2, 0) is 23.7 Å². The summed E-state index contributed by atoms with van der Waals surface area (Å²) in [6.07, 6.45) is -18.1. The summed E-state index contributed by atoms with van der Waals surface area (Å²) in [5.41, 5.74) is 11.5. The van der Waals surface area contributed by atoms with E-state index in [1.165, 1.54) is 0 Å². The van der Waals surface area contributed by atoms with Gasteiger partial charge in [0.1, 0.15) is 54.9 Å². The van der Waals surface area contributed by atoms with Gasteiger partial charge in [0, 0.05) is 0 Å². The summed E-state index contributed by atoms with van der Waals surface area (Å²) in [4.78, 5) is 11.6. The first-order chi connectivity index (χ1) is 16.6. The quantitative estimate of drug-likeness (QED) is 0.134. The van der Waals surface area contributed by atoms with Gasteiger partial charge in [-0.15, -0.1) is 0 Å². The molecule has 0 aliphatic carbocycles. The molecule has 0 amide bonds. The van der Waals surface area contributed by atoms with Crippen molar-refractivity contribution in [3.05, 3.63) is 4.91 Å². The van der Waals surface area contributed by atoms with Crippen LogP contribution in [-0.4, -0.2) is 153 Å². The highest BCUT2D eigenvalue weighted by Crippen LogP contribution is 2.32. The van der Waals surface area contributed by atoms with Crippen LogP contribution in [0.5, 0.6) is 0 Å². The molecule has 35 heavy (non-hydrogen) atoms. The molecular formula is C18H33N3O14. The highest BCUT2D eigenvalue weighted by Gasteiger charge is 2.53. The van der Waals surface area contributed by atoms with E-state index >= 15 is 0 Å². The number of nitrogens with zero attached hydrogens (tertiary/aromatic N) is 1. The van der Waals surface area contributed by atoms with Crippen molar-refractivity contribution in [3.63, 3.8) is 0 Å². The van der Waals surface area contributed by atoms with Gasteiger partial charge in [0.25, 0.3) is 0 Å². The van der Waals surface area contributed by atoms with E-state index in [2.05, 4.69) is 5.18 Å². The Bertz CT molecular complexity index is 691. The second-order valence-electron chi connectivity index (χ2n) is 8.61. The molecule has 0 spiro atoms. The highest BCUT2D eigenvalue weighted by atomic mass is 16.7. The number of hydrogen-bond acceptors (Lipinski definition) is 17. The van der Waals surface area contributed by atoms with Crippen molar-refractivity contribution < 1.29 is 64.5 Å². The van der Waals surface area contributed by atoms with Gasteiger partial charge in [-0.3, -0.25) is 0 Å². The maximum atomic E-state index is 11.6. The van der Waals surface area contributed by atoms with Crippen LogP contribution in [0.1, 0.15) is 0 Å². The van der Waals surface area contributed by atoms with Gasteiger partial charge in [-0.25, -0.2) is 0 Å². The van der Waals surface area contributed by atoms with Crippen LogP contribution in [0.4, 0.5) is 0 Å². The molecule has 3 aliphatic heterocycles. The highest BCUT2D eigenvalue weighted by molar-refractivity contribution is 4.99. The number of hydrogen-bond donors (Lipinski definition) is 10. The van der Waals surface area contributed by atoms with Gasteiger partial charge >= 0.3 is 0 Å². The smallest absolute Gasteiger partial charge is 0.187 e. The molecule has 3 fully saturated rings. The number of aliphatic hydroxyl groups is 8. The minimum Gasteiger partial charge on any atom is -0.394 e. The molecule has 0 saturated carbocycles. The number of ether oxygens (including phenoxy) is 5. The number of rotatable bonds is 8. The fourth-order valence-electron chi connectivity index (χ4n) is 4.25. The second kappa shape index (κ2) is 12.0. The zero-order valence-electron chi connectivity index (χ0n) is 18.4. The summed E-state index contributed by atoms with van der Waals surface area (Å²) in [7, 11) is 0. The average Bonchev–Trinajstić information content (AvgIpc) is 2.85. The van der Waals surface area contributed by atoms with Crippen LogP contribution < -0.4 is 11.5 Å². The number of aliphatic hydroxyl groups excluding tert-OH is 8. The van der Waals surface area contributed by atoms with Crippen molar-refractivity contribution in [2.24, 2.45) is 16.6 Å². The standard InChI is InChI=1S/C18H33N3O14/c19-7-12(27)14(5(2-23)31-16(7)29)35-18-9(21-30)13(28)15(6(3-24)33-18)34-17-8(20)11(26)10(25)4(1-22)32-17/h4-18,22-29H,1-3,19-20H2/t4-,5-,6-,7-,8-,9-,10-,11-,12-,13-,14?,15?,16-,17+,18+/m1/s1. The third-order valence-electron chi connectivity index (χ3n) is 6.37. The largest absolute Gasteiger partial charge is 0.394 e. The zero-order valence-corrected chi connectivity index (χ0v) is 18.4. The Labute approximate surface area is 198 Å². The first-order valence-corrected chi connectivity index (χ1v) is 10.9. The minimum absolute atomic E-state index is 0.693. The molecular weight excluding hydrogens is 482 g/mol. The van der Waals surface area contributed by atoms with Crippen LogP contribution in [0.3, 0.4) is 0 Å². The van der Waals surface area contributed by atoms with Gasteiger partial charge in [-0.05, 0) is 0 Å². The summed E-state index contributed by atoms with van der Waals surface area (Å²) >= 11 is 0. The Morgan fingerprint density at radius 2 is 1.17 bits per heavy atom. The first kappa shape index (κ1) is 28.6. The molecule has 17 nitrogen and oxygen atoms in total. The molecule has 0 bridgehead atoms. The van der Waals surface area contributed by atoms with Gasteiger partial charge in [0.05, 0.1) is 31.9 Å². The SMILES string of the molecule is N[C@H]1[C@H](OC2[C@@H](CO)O[C@@H](OC3[C@@H](CO)O[C@@H](O)[C@H](N)[C@H]3O)[C@H](N=O)[C@H]2O)O[C@H](CO)[C@@H](O)[C@@H]1O. The van der Waals surface area contributed by atoms with Crippen LogP contribution >= 0.6 is 0 Å². The summed E-state index contributed by atoms with van der Waals surface area (Å²) in [5.74, 6) is 0. The lowest BCUT2D eigenvalue weighted by molar-refractivity contribution is -0.348. The molecule has 17 heteroatoms. The maximum absolute atomic E-state index is 11.6. The monoisotopic (exact) mass is 515 g/mol. The average molecular weight is 515 g/mol. The number of nitroso groups, excluding NO2 is 1. The molecule has 204 valence electrons. The maximum Gasteiger partial charge on any atom is 0.187 e. The molecule has 2 unspecified atom stereocenters. The molecule has 3 heterocycles. The fourth-order valence-corrected chi connectivity index (χ4v) is 4.25. The second-order valence-corrected chi connectivity index (χ2v) is 8.61. The van der Waals surface area contributed by atoms with E-state index in [1.807, 2.05) is 0 Å². The van der Waals surface area contributed by atoms with Crippen LogP contribution in [0.2, 0.25) is 0 Å². The van der Waals surface area contributed by atoms with Crippen molar-refractivity contribution in [2.45, 2.75) is 91.9 Å². The van der Waals surface area contributed by atoms with E-state index < -0.39 is 112 Å². The van der Waals surface area contributed by atoms with E-state index in [0.29, 0.717) is 0 Å². The normalized spacial score (nSPS) is 51.2. The van der Waals surface area contributed by atoms with Crippen molar-refractivity contribution in [2.75, 3.05) is 19.8 Å². The van der Waals surface area contributed by atoms with E-state index in [-0.39, 0.29) is 0 Å². The molecule has 15 atom stereocenters. The lowest BCUT2D eigenvalue weighted by atomic mass is 9.94. The third kappa shape index (κ3) is 5.64. The van der Waals surface area contributed by atoms with Crippen LogP contribution in [0.15, 0.2) is 5.18 Å². The van der Waals surface area contributed by atoms with Crippen LogP contribution in [0, 0.1) is 4.91 Å². The summed E-state index contributed by atoms with van der Waals surface area (Å²) in [6, 6.07) is -4.39. The molecule has 3 aliphatic rings. The summed E-state index contributed by atoms with van der Waals surface area (Å²) < 4.78 is 27.1. The van der Waals surface area contributed by atoms with E-state index in [9.17, 15) is 45.8 Å². The zero-order chi connectivity index (χ0) is 26.0. The first-order valence-electron chi connectivity index (χ1n) is 10.9. The Kier molecular flexibility index (Phi) is 9.82. The molecule has 0 aromatic rings. The summed E-state index contributed by atoms with van der Waals surface area (Å²) in [5, 5.41) is 82.5. The van der Waals surface area contributed by atoms with E-state index in [4.69, 9.17) is 35.2 Å². The Morgan fingerprint density at radius 3 is 1.74 bits per heavy atom. The molecule has 3 rings (SSSR count). The van der Waals surface area contributed by atoms with Gasteiger partial charge in [-0.1, -0.05) is 5.18 Å². The van der Waals surface area contributed by atoms with Crippen molar-refractivity contribution in [1.29, 1.82) is 0 Å². The minimum atomic E-state index is -1.80. The van der Waals surface area contributed by atoms with Crippen molar-refractivity contribution >= 4 is 0 Å². The third-order valence-corrected chi connectivity index (χ3v) is 6.37. The predicted octanol–water partition coefficient (Wildman–Crippen LogP) is -6.87. The van der Waals surface area contributed by atoms with Gasteiger partial charge in [0.15, 0.2) is 24.9 Å². The van der Waals surface area contributed by atoms with Gasteiger partial charge in [-0.2, -0.15) is 4.91 Å². The Hall–Kier alpha value is -1.00. The molecule has 0 radical (unpaired) electrons. The van der Waals surface area contributed by atoms with Gasteiger partial charge < -0.3 is 76.0 Å². The molecule has 3 saturated heterocycles. The summed E-state index contributed by atoms with van der Waals surface area (Å²) in [6.45, 7) is -2.19. The Morgan fingerprint density at radius 1 is 0.657 bits per heavy atom. The lowest BCUT2D eigenvalue weighted by Crippen LogP contribution is -2.67. The van der Waals surface area contributed by atoms with Crippen LogP contribution in [0.25, 0.3) is 0 Å². The van der Waals surface area contributed by atoms with Crippen molar-refractivity contribution in [1.82, 2.24) is 0 Å². The topological polar surface area (TPSA) is 289 Å². The van der Waals surface area contributed by atoms with Crippen molar-refractivity contribution in [3.8, 4) is 0 Å². The van der Waals surface area contributed by atoms with E-state index in [1.54, 1.807) is 0 Å². The fraction of sp³-hybridized carbons (Fsp3) is 1.00. The van der Waals surface area contributed by atoms with Gasteiger partial charge in [0.2, 0.25) is 0 Å². The predicted molar refractivity (Wildman–Crippen MR) is 109 cm³/mol. The molecule has 0 aromatic heterocycles. The number of nitrogens with two attached hydrogens (primary N) is 2. The lowest BCUT2D eigenvalue weighted by Gasteiger charge is -2.47. The molecule has 12 N–H and O–H groups in total. The molecule has 0 aromatic carbocycles.